The third-order valence-electron chi connectivity index (χ3n) is 2.13. The fraction of sp³-hybridized carbons (Fsp3) is 0.500. The fourth-order valence-corrected chi connectivity index (χ4v) is 1.61. The first-order valence-electron chi connectivity index (χ1n) is 5.60. The summed E-state index contributed by atoms with van der Waals surface area (Å²) < 4.78 is 5.38. The molecule has 0 amide bonds. The van der Waals surface area contributed by atoms with Crippen LogP contribution < -0.4 is 5.32 Å². The molecule has 0 aromatic carbocycles. The molecule has 0 aliphatic carbocycles. The van der Waals surface area contributed by atoms with Crippen molar-refractivity contribution in [2.75, 3.05) is 25.1 Å². The van der Waals surface area contributed by atoms with Gasteiger partial charge in [-0.3, -0.25) is 0 Å². The van der Waals surface area contributed by atoms with E-state index in [0.29, 0.717) is 24.9 Å². The summed E-state index contributed by atoms with van der Waals surface area (Å²) in [4.78, 5) is 8.11. The molecule has 1 aromatic rings. The van der Waals surface area contributed by atoms with Gasteiger partial charge in [-0.1, -0.05) is 30.7 Å². The Morgan fingerprint density at radius 3 is 2.94 bits per heavy atom. The number of nitrogens with one attached hydrogen (secondary N) is 1. The number of hydrogen-bond donors (Lipinski definition) is 1. The SMILES string of the molecule is C=C(C)COCCNc1ncnc(Cl)c1CC. The molecule has 4 nitrogen and oxygen atoms in total. The van der Waals surface area contributed by atoms with Crippen LogP contribution >= 0.6 is 11.6 Å². The van der Waals surface area contributed by atoms with Gasteiger partial charge in [-0.15, -0.1) is 0 Å². The van der Waals surface area contributed by atoms with E-state index in [1.54, 1.807) is 0 Å². The van der Waals surface area contributed by atoms with E-state index < -0.39 is 0 Å². The zero-order valence-corrected chi connectivity index (χ0v) is 11.0. The molecule has 17 heavy (non-hydrogen) atoms. The van der Waals surface area contributed by atoms with Crippen molar-refractivity contribution >= 4 is 17.4 Å². The van der Waals surface area contributed by atoms with Crippen molar-refractivity contribution in [2.45, 2.75) is 20.3 Å². The van der Waals surface area contributed by atoms with Gasteiger partial charge in [-0.2, -0.15) is 0 Å². The number of anilines is 1. The minimum atomic E-state index is 0.507. The maximum atomic E-state index is 5.98. The molecule has 5 heteroatoms. The summed E-state index contributed by atoms with van der Waals surface area (Å²) in [7, 11) is 0. The fourth-order valence-electron chi connectivity index (χ4n) is 1.34. The molecule has 1 aromatic heterocycles. The van der Waals surface area contributed by atoms with Crippen LogP contribution in [0.1, 0.15) is 19.4 Å². The van der Waals surface area contributed by atoms with E-state index >= 15 is 0 Å². The predicted molar refractivity (Wildman–Crippen MR) is 70.5 cm³/mol. The van der Waals surface area contributed by atoms with Crippen molar-refractivity contribution in [3.8, 4) is 0 Å². The van der Waals surface area contributed by atoms with Crippen molar-refractivity contribution in [1.82, 2.24) is 9.97 Å². The average molecular weight is 256 g/mol. The highest BCUT2D eigenvalue weighted by Gasteiger charge is 2.06. The predicted octanol–water partition coefficient (Wildman–Crippen LogP) is 2.70. The molecule has 1 N–H and O–H groups in total. The third-order valence-corrected chi connectivity index (χ3v) is 2.46. The lowest BCUT2D eigenvalue weighted by Gasteiger charge is -2.10. The largest absolute Gasteiger partial charge is 0.375 e. The molecule has 0 atom stereocenters. The molecule has 0 fully saturated rings. The molecule has 0 aliphatic rings. The van der Waals surface area contributed by atoms with Crippen LogP contribution in [-0.2, 0) is 11.2 Å². The Hall–Kier alpha value is -1.13. The molecule has 0 saturated heterocycles. The van der Waals surface area contributed by atoms with Gasteiger partial charge in [-0.05, 0) is 13.3 Å². The van der Waals surface area contributed by atoms with Crippen LogP contribution in [0, 0.1) is 0 Å². The number of hydrogen-bond acceptors (Lipinski definition) is 4. The monoisotopic (exact) mass is 255 g/mol. The summed E-state index contributed by atoms with van der Waals surface area (Å²) >= 11 is 5.98. The van der Waals surface area contributed by atoms with Gasteiger partial charge in [-0.25, -0.2) is 9.97 Å². The lowest BCUT2D eigenvalue weighted by molar-refractivity contribution is 0.167. The Labute approximate surface area is 107 Å². The molecule has 0 spiro atoms. The molecule has 94 valence electrons. The summed E-state index contributed by atoms with van der Waals surface area (Å²) in [5.41, 5.74) is 1.96. The van der Waals surface area contributed by atoms with Crippen LogP contribution in [0.25, 0.3) is 0 Å². The molecule has 0 aliphatic heterocycles. The summed E-state index contributed by atoms with van der Waals surface area (Å²) in [6, 6.07) is 0. The molecular weight excluding hydrogens is 238 g/mol. The maximum absolute atomic E-state index is 5.98. The van der Waals surface area contributed by atoms with E-state index in [0.717, 1.165) is 23.4 Å². The van der Waals surface area contributed by atoms with Crippen LogP contribution in [0.15, 0.2) is 18.5 Å². The molecule has 0 radical (unpaired) electrons. The Morgan fingerprint density at radius 1 is 1.53 bits per heavy atom. The molecule has 0 saturated carbocycles. The Kier molecular flexibility index (Phi) is 5.94. The topological polar surface area (TPSA) is 47.0 Å². The van der Waals surface area contributed by atoms with E-state index in [2.05, 4.69) is 21.9 Å². The number of rotatable bonds is 7. The average Bonchev–Trinajstić information content (AvgIpc) is 2.28. The van der Waals surface area contributed by atoms with E-state index in [4.69, 9.17) is 16.3 Å². The summed E-state index contributed by atoms with van der Waals surface area (Å²) in [5.74, 6) is 0.784. The van der Waals surface area contributed by atoms with Crippen LogP contribution in [-0.4, -0.2) is 29.7 Å². The minimum Gasteiger partial charge on any atom is -0.375 e. The molecule has 0 bridgehead atoms. The Morgan fingerprint density at radius 2 is 2.29 bits per heavy atom. The second-order valence-electron chi connectivity index (χ2n) is 3.78. The summed E-state index contributed by atoms with van der Waals surface area (Å²) in [6.07, 6.45) is 2.26. The first kappa shape index (κ1) is 13.9. The van der Waals surface area contributed by atoms with Crippen molar-refractivity contribution in [3.05, 3.63) is 29.2 Å². The first-order chi connectivity index (χ1) is 8.15. The lowest BCUT2D eigenvalue weighted by atomic mass is 10.2. The van der Waals surface area contributed by atoms with Crippen molar-refractivity contribution in [2.24, 2.45) is 0 Å². The quantitative estimate of drug-likeness (QED) is 0.462. The van der Waals surface area contributed by atoms with Gasteiger partial charge in [0, 0.05) is 12.1 Å². The van der Waals surface area contributed by atoms with Crippen LogP contribution in [0.4, 0.5) is 5.82 Å². The molecule has 0 unspecified atom stereocenters. The van der Waals surface area contributed by atoms with Gasteiger partial charge in [0.15, 0.2) is 0 Å². The second kappa shape index (κ2) is 7.25. The van der Waals surface area contributed by atoms with E-state index in [9.17, 15) is 0 Å². The van der Waals surface area contributed by atoms with Gasteiger partial charge < -0.3 is 10.1 Å². The molecule has 1 heterocycles. The minimum absolute atomic E-state index is 0.507. The lowest BCUT2D eigenvalue weighted by Crippen LogP contribution is -2.13. The Bertz CT molecular complexity index is 382. The zero-order valence-electron chi connectivity index (χ0n) is 10.3. The highest BCUT2D eigenvalue weighted by molar-refractivity contribution is 6.30. The van der Waals surface area contributed by atoms with Crippen LogP contribution in [0.2, 0.25) is 5.15 Å². The van der Waals surface area contributed by atoms with Gasteiger partial charge >= 0.3 is 0 Å². The maximum Gasteiger partial charge on any atom is 0.137 e. The summed E-state index contributed by atoms with van der Waals surface area (Å²) in [6.45, 7) is 9.61. The highest BCUT2D eigenvalue weighted by atomic mass is 35.5. The van der Waals surface area contributed by atoms with E-state index in [1.165, 1.54) is 6.33 Å². The smallest absolute Gasteiger partial charge is 0.137 e. The highest BCUT2D eigenvalue weighted by Crippen LogP contribution is 2.19. The van der Waals surface area contributed by atoms with Crippen LogP contribution in [0.3, 0.4) is 0 Å². The second-order valence-corrected chi connectivity index (χ2v) is 4.14. The Balaban J connectivity index is 2.41. The number of nitrogens with zero attached hydrogens (tertiary/aromatic N) is 2. The number of aromatic nitrogens is 2. The first-order valence-corrected chi connectivity index (χ1v) is 5.98. The summed E-state index contributed by atoms with van der Waals surface area (Å²) in [5, 5.41) is 3.70. The normalized spacial score (nSPS) is 10.3. The van der Waals surface area contributed by atoms with Gasteiger partial charge in [0.1, 0.15) is 17.3 Å². The third kappa shape index (κ3) is 4.71. The van der Waals surface area contributed by atoms with Gasteiger partial charge in [0.25, 0.3) is 0 Å². The zero-order chi connectivity index (χ0) is 12.7. The number of ether oxygens (including phenoxy) is 1. The van der Waals surface area contributed by atoms with Crippen LogP contribution in [0.5, 0.6) is 0 Å². The van der Waals surface area contributed by atoms with E-state index in [-0.39, 0.29) is 0 Å². The molecule has 1 rings (SSSR count). The molecular formula is C12H18ClN3O. The van der Waals surface area contributed by atoms with E-state index in [1.807, 2.05) is 13.8 Å². The van der Waals surface area contributed by atoms with Crippen molar-refractivity contribution in [3.63, 3.8) is 0 Å². The number of halogens is 1. The van der Waals surface area contributed by atoms with Gasteiger partial charge in [0.2, 0.25) is 0 Å². The standard InChI is InChI=1S/C12H18ClN3O/c1-4-10-11(13)15-8-16-12(10)14-5-6-17-7-9(2)3/h8H,2,4-7H2,1,3H3,(H,14,15,16). The van der Waals surface area contributed by atoms with Gasteiger partial charge in [0.05, 0.1) is 13.2 Å². The van der Waals surface area contributed by atoms with Crippen molar-refractivity contribution in [1.29, 1.82) is 0 Å². The van der Waals surface area contributed by atoms with Crippen molar-refractivity contribution < 1.29 is 4.74 Å².